The molecule has 17 heavy (non-hydrogen) atoms. The van der Waals surface area contributed by atoms with Gasteiger partial charge in [0.2, 0.25) is 0 Å². The highest BCUT2D eigenvalue weighted by atomic mass is 16.5. The maximum Gasteiger partial charge on any atom is 0.275 e. The lowest BCUT2D eigenvalue weighted by Crippen LogP contribution is -2.38. The van der Waals surface area contributed by atoms with Crippen molar-refractivity contribution >= 4 is 11.5 Å². The first kappa shape index (κ1) is 10.3. The first-order chi connectivity index (χ1) is 8.34. The minimum Gasteiger partial charge on any atom is -0.378 e. The summed E-state index contributed by atoms with van der Waals surface area (Å²) in [4.78, 5) is 17.7. The highest BCUT2D eigenvalue weighted by Gasteiger charge is 2.14. The minimum atomic E-state index is -0.197. The van der Waals surface area contributed by atoms with Crippen molar-refractivity contribution in [1.82, 2.24) is 9.38 Å². The van der Waals surface area contributed by atoms with Gasteiger partial charge < -0.3 is 9.64 Å². The number of morpholine rings is 1. The van der Waals surface area contributed by atoms with Crippen molar-refractivity contribution in [2.75, 3.05) is 31.2 Å². The number of anilines is 1. The molecular formula is C12H13N3O2. The zero-order valence-corrected chi connectivity index (χ0v) is 9.37. The Morgan fingerprint density at radius 2 is 2.06 bits per heavy atom. The molecular weight excluding hydrogens is 218 g/mol. The average molecular weight is 231 g/mol. The van der Waals surface area contributed by atoms with E-state index in [9.17, 15) is 4.79 Å². The Bertz CT molecular complexity index is 588. The van der Waals surface area contributed by atoms with Crippen LogP contribution in [0.1, 0.15) is 0 Å². The van der Waals surface area contributed by atoms with Crippen molar-refractivity contribution in [1.29, 1.82) is 0 Å². The van der Waals surface area contributed by atoms with Gasteiger partial charge in [-0.15, -0.1) is 0 Å². The second-order valence-corrected chi connectivity index (χ2v) is 3.98. The third-order valence-electron chi connectivity index (χ3n) is 2.90. The molecule has 5 nitrogen and oxygen atoms in total. The van der Waals surface area contributed by atoms with Crippen LogP contribution in [0.4, 0.5) is 5.82 Å². The predicted octanol–water partition coefficient (Wildman–Crippen LogP) is 0.531. The number of nitrogens with zero attached hydrogens (tertiary/aromatic N) is 3. The van der Waals surface area contributed by atoms with Crippen LogP contribution in [-0.2, 0) is 4.74 Å². The van der Waals surface area contributed by atoms with E-state index in [4.69, 9.17) is 4.74 Å². The maximum absolute atomic E-state index is 11.6. The number of fused-ring (bicyclic) bond motifs is 1. The molecule has 1 fully saturated rings. The second kappa shape index (κ2) is 4.18. The molecule has 0 radical (unpaired) electrons. The Morgan fingerprint density at radius 3 is 2.88 bits per heavy atom. The molecule has 5 heteroatoms. The van der Waals surface area contributed by atoms with Crippen molar-refractivity contribution in [3.63, 3.8) is 0 Å². The van der Waals surface area contributed by atoms with Crippen LogP contribution in [0.25, 0.3) is 5.65 Å². The van der Waals surface area contributed by atoms with Gasteiger partial charge in [0.15, 0.2) is 0 Å². The molecule has 88 valence electrons. The molecule has 0 spiro atoms. The van der Waals surface area contributed by atoms with Gasteiger partial charge in [-0.3, -0.25) is 9.20 Å². The van der Waals surface area contributed by atoms with E-state index in [1.807, 2.05) is 28.8 Å². The van der Waals surface area contributed by atoms with Crippen LogP contribution in [-0.4, -0.2) is 35.7 Å². The van der Waals surface area contributed by atoms with Gasteiger partial charge in [0.1, 0.15) is 11.5 Å². The van der Waals surface area contributed by atoms with E-state index in [2.05, 4.69) is 9.88 Å². The summed E-state index contributed by atoms with van der Waals surface area (Å²) in [5, 5.41) is 0. The number of pyridine rings is 1. The third kappa shape index (κ3) is 1.89. The van der Waals surface area contributed by atoms with Crippen molar-refractivity contribution < 1.29 is 4.74 Å². The van der Waals surface area contributed by atoms with E-state index in [-0.39, 0.29) is 5.56 Å². The van der Waals surface area contributed by atoms with E-state index in [0.717, 1.165) is 18.9 Å². The zero-order chi connectivity index (χ0) is 11.7. The van der Waals surface area contributed by atoms with E-state index < -0.39 is 0 Å². The normalized spacial score (nSPS) is 16.4. The summed E-state index contributed by atoms with van der Waals surface area (Å²) in [7, 11) is 0. The van der Waals surface area contributed by atoms with Crippen molar-refractivity contribution in [3.8, 4) is 0 Å². The fourth-order valence-corrected chi connectivity index (χ4v) is 2.08. The summed E-state index contributed by atoms with van der Waals surface area (Å²) in [5.74, 6) is 0.893. The summed E-state index contributed by atoms with van der Waals surface area (Å²) in [6.07, 6.45) is 1.92. The molecule has 0 amide bonds. The summed E-state index contributed by atoms with van der Waals surface area (Å²) < 4.78 is 7.26. The van der Waals surface area contributed by atoms with Crippen LogP contribution in [0.3, 0.4) is 0 Å². The smallest absolute Gasteiger partial charge is 0.275 e. The maximum atomic E-state index is 11.6. The minimum absolute atomic E-state index is 0.197. The summed E-state index contributed by atoms with van der Waals surface area (Å²) in [6.45, 7) is 3.01. The largest absolute Gasteiger partial charge is 0.378 e. The van der Waals surface area contributed by atoms with E-state index in [1.165, 1.54) is 0 Å². The Kier molecular flexibility index (Phi) is 2.53. The van der Waals surface area contributed by atoms with Gasteiger partial charge in [0.05, 0.1) is 13.2 Å². The number of hydrogen-bond donors (Lipinski definition) is 0. The van der Waals surface area contributed by atoms with Gasteiger partial charge in [-0.1, -0.05) is 6.07 Å². The summed E-state index contributed by atoms with van der Waals surface area (Å²) in [6, 6.07) is 7.23. The average Bonchev–Trinajstić information content (AvgIpc) is 2.39. The van der Waals surface area contributed by atoms with Gasteiger partial charge in [-0.2, -0.15) is 4.98 Å². The van der Waals surface area contributed by atoms with Crippen LogP contribution in [0.15, 0.2) is 35.3 Å². The van der Waals surface area contributed by atoms with E-state index in [1.54, 1.807) is 6.07 Å². The SMILES string of the molecule is O=c1cc(N2CCOCC2)n2ccccc2n1. The molecule has 0 unspecified atom stereocenters. The number of hydrogen-bond acceptors (Lipinski definition) is 4. The molecule has 0 saturated carbocycles. The van der Waals surface area contributed by atoms with Gasteiger partial charge in [-0.25, -0.2) is 0 Å². The molecule has 2 aromatic rings. The molecule has 3 heterocycles. The van der Waals surface area contributed by atoms with Gasteiger partial charge in [0, 0.05) is 25.4 Å². The first-order valence-corrected chi connectivity index (χ1v) is 5.66. The lowest BCUT2D eigenvalue weighted by molar-refractivity contribution is 0.122. The Balaban J connectivity index is 2.16. The highest BCUT2D eigenvalue weighted by Crippen LogP contribution is 2.14. The van der Waals surface area contributed by atoms with Gasteiger partial charge in [-0.05, 0) is 12.1 Å². The highest BCUT2D eigenvalue weighted by molar-refractivity contribution is 5.50. The number of aromatic nitrogens is 2. The fraction of sp³-hybridized carbons (Fsp3) is 0.333. The van der Waals surface area contributed by atoms with Crippen LogP contribution >= 0.6 is 0 Å². The number of ether oxygens (including phenoxy) is 1. The lowest BCUT2D eigenvalue weighted by Gasteiger charge is -2.29. The molecule has 1 aliphatic rings. The Morgan fingerprint density at radius 1 is 1.24 bits per heavy atom. The van der Waals surface area contributed by atoms with Crippen LogP contribution < -0.4 is 10.5 Å². The molecule has 0 atom stereocenters. The van der Waals surface area contributed by atoms with Crippen LogP contribution in [0.5, 0.6) is 0 Å². The molecule has 0 aromatic carbocycles. The van der Waals surface area contributed by atoms with Crippen molar-refractivity contribution in [2.24, 2.45) is 0 Å². The predicted molar refractivity (Wildman–Crippen MR) is 64.5 cm³/mol. The summed E-state index contributed by atoms with van der Waals surface area (Å²) in [5.41, 5.74) is 0.485. The monoisotopic (exact) mass is 231 g/mol. The molecule has 0 bridgehead atoms. The quantitative estimate of drug-likeness (QED) is 0.718. The Hall–Kier alpha value is -1.88. The fourth-order valence-electron chi connectivity index (χ4n) is 2.08. The molecule has 3 rings (SSSR count). The van der Waals surface area contributed by atoms with Crippen LogP contribution in [0.2, 0.25) is 0 Å². The van der Waals surface area contributed by atoms with E-state index in [0.29, 0.717) is 18.9 Å². The standard InChI is InChI=1S/C12H13N3O2/c16-11-9-12(14-5-7-17-8-6-14)15-4-2-1-3-10(15)13-11/h1-4,9H,5-8H2. The molecule has 0 N–H and O–H groups in total. The van der Waals surface area contributed by atoms with E-state index >= 15 is 0 Å². The van der Waals surface area contributed by atoms with Gasteiger partial charge in [0.25, 0.3) is 5.56 Å². The topological polar surface area (TPSA) is 46.8 Å². The molecule has 1 saturated heterocycles. The third-order valence-corrected chi connectivity index (χ3v) is 2.90. The van der Waals surface area contributed by atoms with Gasteiger partial charge >= 0.3 is 0 Å². The van der Waals surface area contributed by atoms with Crippen molar-refractivity contribution in [3.05, 3.63) is 40.8 Å². The molecule has 0 aliphatic carbocycles. The lowest BCUT2D eigenvalue weighted by atomic mass is 10.3. The van der Waals surface area contributed by atoms with Crippen LogP contribution in [0, 0.1) is 0 Å². The molecule has 1 aliphatic heterocycles. The first-order valence-electron chi connectivity index (χ1n) is 5.66. The zero-order valence-electron chi connectivity index (χ0n) is 9.37. The van der Waals surface area contributed by atoms with Crippen molar-refractivity contribution in [2.45, 2.75) is 0 Å². The Labute approximate surface area is 98.3 Å². The summed E-state index contributed by atoms with van der Waals surface area (Å²) >= 11 is 0. The number of rotatable bonds is 1. The molecule has 2 aromatic heterocycles. The second-order valence-electron chi connectivity index (χ2n) is 3.98.